The maximum Gasteiger partial charge on any atom is 0.178 e. The minimum atomic E-state index is -0.663. The molecule has 0 aliphatic heterocycles. The van der Waals surface area contributed by atoms with Gasteiger partial charge in [-0.3, -0.25) is 9.59 Å². The Bertz CT molecular complexity index is 614. The van der Waals surface area contributed by atoms with E-state index in [4.69, 9.17) is 0 Å². The highest BCUT2D eigenvalue weighted by molar-refractivity contribution is 6.29. The molecule has 96 valence electrons. The van der Waals surface area contributed by atoms with Gasteiger partial charge < -0.3 is 24.0 Å². The lowest BCUT2D eigenvalue weighted by molar-refractivity contribution is -0.671. The molecule has 0 spiro atoms. The Hall–Kier alpha value is -1.56. The molecule has 1 aliphatic rings. The van der Waals surface area contributed by atoms with Crippen LogP contribution in [0, 0.1) is 0 Å². The van der Waals surface area contributed by atoms with E-state index >= 15 is 0 Å². The topological polar surface area (TPSA) is 38.0 Å². The minimum absolute atomic E-state index is 0. The summed E-state index contributed by atoms with van der Waals surface area (Å²) in [5, 5.41) is 0. The van der Waals surface area contributed by atoms with Crippen LogP contribution < -0.4 is 28.5 Å². The van der Waals surface area contributed by atoms with Crippen LogP contribution in [0.1, 0.15) is 32.2 Å². The molecule has 0 N–H and O–H groups in total. The highest BCUT2D eigenvalue weighted by Gasteiger charge is 2.39. The Morgan fingerprint density at radius 2 is 1.37 bits per heavy atom. The summed E-state index contributed by atoms with van der Waals surface area (Å²) in [4.78, 5) is 24.5. The Morgan fingerprint density at radius 3 is 1.84 bits per heavy atom. The van der Waals surface area contributed by atoms with E-state index in [1.54, 1.807) is 24.3 Å². The van der Waals surface area contributed by atoms with Crippen molar-refractivity contribution in [3.05, 3.63) is 65.5 Å². The molecule has 0 amide bonds. The number of aryl methyl sites for hydroxylation is 1. The van der Waals surface area contributed by atoms with E-state index < -0.39 is 5.92 Å². The number of hydrogen-bond acceptors (Lipinski definition) is 2. The third-order valence-corrected chi connectivity index (χ3v) is 3.32. The number of fused-ring (bicyclic) bond motifs is 1. The number of halogens is 1. The van der Waals surface area contributed by atoms with Gasteiger partial charge in [-0.1, -0.05) is 24.3 Å². The molecule has 4 heteroatoms. The maximum atomic E-state index is 12.3. The average molecular weight is 365 g/mol. The first kappa shape index (κ1) is 13.9. The number of ketones is 2. The smallest absolute Gasteiger partial charge is 0.178 e. The second-order valence-corrected chi connectivity index (χ2v) is 4.50. The van der Waals surface area contributed by atoms with Gasteiger partial charge in [-0.25, -0.2) is 4.57 Å². The third kappa shape index (κ3) is 2.20. The van der Waals surface area contributed by atoms with Crippen molar-refractivity contribution in [2.75, 3.05) is 0 Å². The monoisotopic (exact) mass is 365 g/mol. The van der Waals surface area contributed by atoms with Crippen LogP contribution in [0.5, 0.6) is 0 Å². The maximum absolute atomic E-state index is 12.3. The van der Waals surface area contributed by atoms with Crippen molar-refractivity contribution in [2.45, 2.75) is 5.92 Å². The molecule has 2 aromatic rings. The van der Waals surface area contributed by atoms with Gasteiger partial charge >= 0.3 is 0 Å². The van der Waals surface area contributed by atoms with Crippen LogP contribution in [-0.2, 0) is 7.05 Å². The van der Waals surface area contributed by atoms with Gasteiger partial charge in [-0.05, 0) is 5.56 Å². The number of hydrogen-bond donors (Lipinski definition) is 0. The summed E-state index contributed by atoms with van der Waals surface area (Å²) in [5.74, 6) is -0.850. The van der Waals surface area contributed by atoms with Gasteiger partial charge in [0, 0.05) is 23.3 Å². The van der Waals surface area contributed by atoms with Crippen LogP contribution in [0.4, 0.5) is 0 Å². The first-order valence-electron chi connectivity index (χ1n) is 5.81. The molecule has 0 bridgehead atoms. The average Bonchev–Trinajstić information content (AvgIpc) is 2.64. The van der Waals surface area contributed by atoms with Gasteiger partial charge in [0.15, 0.2) is 24.0 Å². The first-order chi connectivity index (χ1) is 8.68. The van der Waals surface area contributed by atoms with E-state index in [0.29, 0.717) is 11.1 Å². The Balaban J connectivity index is 0.00000133. The second-order valence-electron chi connectivity index (χ2n) is 4.50. The largest absolute Gasteiger partial charge is 1.00 e. The fourth-order valence-corrected chi connectivity index (χ4v) is 2.35. The van der Waals surface area contributed by atoms with E-state index in [2.05, 4.69) is 0 Å². The molecule has 3 nitrogen and oxygen atoms in total. The normalized spacial score (nSPS) is 14.2. The van der Waals surface area contributed by atoms with E-state index in [-0.39, 0.29) is 35.5 Å². The molecule has 0 atom stereocenters. The van der Waals surface area contributed by atoms with Crippen LogP contribution in [0.15, 0.2) is 48.8 Å². The van der Waals surface area contributed by atoms with Gasteiger partial charge in [0.1, 0.15) is 13.0 Å². The van der Waals surface area contributed by atoms with Crippen LogP contribution in [-0.4, -0.2) is 11.6 Å². The SMILES string of the molecule is C[n+]1ccc(C2C(=O)c3ccccc3C2=O)cc1.[I-]. The highest BCUT2D eigenvalue weighted by Crippen LogP contribution is 2.33. The zero-order valence-electron chi connectivity index (χ0n) is 10.3. The summed E-state index contributed by atoms with van der Waals surface area (Å²) in [5.41, 5.74) is 1.85. The number of carbonyl (C=O) groups excluding carboxylic acids is 2. The molecule has 19 heavy (non-hydrogen) atoms. The van der Waals surface area contributed by atoms with E-state index in [9.17, 15) is 9.59 Å². The molecule has 3 rings (SSSR count). The third-order valence-electron chi connectivity index (χ3n) is 3.32. The van der Waals surface area contributed by atoms with Crippen molar-refractivity contribution in [2.24, 2.45) is 7.05 Å². The summed E-state index contributed by atoms with van der Waals surface area (Å²) in [7, 11) is 1.90. The quantitative estimate of drug-likeness (QED) is 0.357. The van der Waals surface area contributed by atoms with Gasteiger partial charge in [0.05, 0.1) is 0 Å². The van der Waals surface area contributed by atoms with Crippen molar-refractivity contribution >= 4 is 11.6 Å². The lowest BCUT2D eigenvalue weighted by Crippen LogP contribution is -3.00. The molecular weight excluding hydrogens is 353 g/mol. The van der Waals surface area contributed by atoms with Crippen molar-refractivity contribution in [3.63, 3.8) is 0 Å². The Labute approximate surface area is 128 Å². The Morgan fingerprint density at radius 1 is 0.895 bits per heavy atom. The van der Waals surface area contributed by atoms with Crippen molar-refractivity contribution in [1.29, 1.82) is 0 Å². The molecule has 1 aliphatic carbocycles. The minimum Gasteiger partial charge on any atom is -1.00 e. The molecule has 1 aromatic carbocycles. The molecule has 0 unspecified atom stereocenters. The van der Waals surface area contributed by atoms with Crippen molar-refractivity contribution < 1.29 is 38.1 Å². The summed E-state index contributed by atoms with van der Waals surface area (Å²) in [6.07, 6.45) is 3.69. The molecular formula is C15H12INO2. The molecule has 1 aromatic heterocycles. The zero-order valence-corrected chi connectivity index (χ0v) is 12.5. The fraction of sp³-hybridized carbons (Fsp3) is 0.133. The van der Waals surface area contributed by atoms with Crippen LogP contribution in [0.25, 0.3) is 0 Å². The van der Waals surface area contributed by atoms with Crippen LogP contribution >= 0.6 is 0 Å². The molecule has 1 heterocycles. The van der Waals surface area contributed by atoms with Gasteiger partial charge in [-0.15, -0.1) is 0 Å². The predicted octanol–water partition coefficient (Wildman–Crippen LogP) is -1.32. The van der Waals surface area contributed by atoms with E-state index in [0.717, 1.165) is 5.56 Å². The summed E-state index contributed by atoms with van der Waals surface area (Å²) in [6.45, 7) is 0. The van der Waals surface area contributed by atoms with E-state index in [1.807, 2.05) is 36.1 Å². The highest BCUT2D eigenvalue weighted by atomic mass is 127. The standard InChI is InChI=1S/C15H12NO2.HI/c1-16-8-6-10(7-9-16)13-14(17)11-4-2-3-5-12(11)15(13)18;/h2-9,13H,1H3;1H/q+1;/p-1. The van der Waals surface area contributed by atoms with E-state index in [1.165, 1.54) is 0 Å². The molecule has 0 saturated carbocycles. The summed E-state index contributed by atoms with van der Waals surface area (Å²) < 4.78 is 1.88. The number of benzene rings is 1. The predicted molar refractivity (Wildman–Crippen MR) is 65.5 cm³/mol. The summed E-state index contributed by atoms with van der Waals surface area (Å²) >= 11 is 0. The van der Waals surface area contributed by atoms with Gasteiger partial charge in [-0.2, -0.15) is 0 Å². The number of Topliss-reactive ketones (excluding diaryl/α,β-unsaturated/α-hetero) is 2. The number of rotatable bonds is 1. The van der Waals surface area contributed by atoms with Gasteiger partial charge in [0.2, 0.25) is 0 Å². The number of pyridine rings is 1. The van der Waals surface area contributed by atoms with Crippen molar-refractivity contribution in [3.8, 4) is 0 Å². The van der Waals surface area contributed by atoms with Crippen LogP contribution in [0.3, 0.4) is 0 Å². The molecule has 0 saturated heterocycles. The lowest BCUT2D eigenvalue weighted by atomic mass is 9.95. The fourth-order valence-electron chi connectivity index (χ4n) is 2.35. The summed E-state index contributed by atoms with van der Waals surface area (Å²) in [6, 6.07) is 10.7. The second kappa shape index (κ2) is 5.21. The van der Waals surface area contributed by atoms with Gasteiger partial charge in [0.25, 0.3) is 0 Å². The number of carbonyl (C=O) groups is 2. The number of nitrogens with zero attached hydrogens (tertiary/aromatic N) is 1. The molecule has 0 radical (unpaired) electrons. The lowest BCUT2D eigenvalue weighted by Gasteiger charge is -2.05. The van der Waals surface area contributed by atoms with Crippen molar-refractivity contribution in [1.82, 2.24) is 0 Å². The first-order valence-corrected chi connectivity index (χ1v) is 5.81. The van der Waals surface area contributed by atoms with Crippen LogP contribution in [0.2, 0.25) is 0 Å². The molecule has 0 fully saturated rings. The zero-order chi connectivity index (χ0) is 12.7. The number of aromatic nitrogens is 1. The Kier molecular flexibility index (Phi) is 3.80.